The smallest absolute Gasteiger partial charge is 0.262 e. The molecule has 3 rings (SSSR count). The van der Waals surface area contributed by atoms with Crippen LogP contribution in [0.3, 0.4) is 0 Å². The fraction of sp³-hybridized carbons (Fsp3) is 0.208. The Balaban J connectivity index is 1.49. The van der Waals surface area contributed by atoms with Gasteiger partial charge in [-0.05, 0) is 79.6 Å². The summed E-state index contributed by atoms with van der Waals surface area (Å²) in [5.41, 5.74) is 1.85. The maximum Gasteiger partial charge on any atom is 0.262 e. The van der Waals surface area contributed by atoms with Gasteiger partial charge in [0.05, 0.1) is 6.61 Å². The SMILES string of the molecule is CCOc1ccc(Oc2ccc(NC(=O)COc3cccc(CC)c3)cc2)cc1. The molecule has 0 bridgehead atoms. The standard InChI is InChI=1S/C24H25NO4/c1-3-18-6-5-7-23(16-18)28-17-24(26)25-19-8-10-21(11-9-19)29-22-14-12-20(13-15-22)27-4-2/h5-16H,3-4,17H2,1-2H3,(H,25,26). The van der Waals surface area contributed by atoms with E-state index in [9.17, 15) is 4.79 Å². The second-order valence-corrected chi connectivity index (χ2v) is 6.37. The van der Waals surface area contributed by atoms with Crippen molar-refractivity contribution < 1.29 is 19.0 Å². The van der Waals surface area contributed by atoms with Crippen molar-refractivity contribution in [3.05, 3.63) is 78.4 Å². The predicted molar refractivity (Wildman–Crippen MR) is 114 cm³/mol. The summed E-state index contributed by atoms with van der Waals surface area (Å²) in [5, 5.41) is 2.82. The van der Waals surface area contributed by atoms with Crippen LogP contribution in [0.25, 0.3) is 0 Å². The minimum absolute atomic E-state index is 0.0440. The van der Waals surface area contributed by atoms with Crippen molar-refractivity contribution in [2.75, 3.05) is 18.5 Å². The average molecular weight is 391 g/mol. The Kier molecular flexibility index (Phi) is 7.11. The third-order valence-electron chi connectivity index (χ3n) is 4.19. The number of rotatable bonds is 9. The Bertz CT molecular complexity index is 920. The molecule has 0 saturated carbocycles. The number of aryl methyl sites for hydroxylation is 1. The molecule has 3 aromatic carbocycles. The summed E-state index contributed by atoms with van der Waals surface area (Å²) < 4.78 is 16.8. The zero-order valence-electron chi connectivity index (χ0n) is 16.7. The fourth-order valence-electron chi connectivity index (χ4n) is 2.71. The minimum atomic E-state index is -0.216. The van der Waals surface area contributed by atoms with E-state index in [1.807, 2.05) is 55.5 Å². The monoisotopic (exact) mass is 391 g/mol. The van der Waals surface area contributed by atoms with Crippen molar-refractivity contribution in [1.29, 1.82) is 0 Å². The van der Waals surface area contributed by atoms with Gasteiger partial charge in [-0.2, -0.15) is 0 Å². The Morgan fingerprint density at radius 1 is 0.793 bits per heavy atom. The molecular formula is C24H25NO4. The summed E-state index contributed by atoms with van der Waals surface area (Å²) in [6.07, 6.45) is 0.925. The van der Waals surface area contributed by atoms with Gasteiger partial charge in [-0.3, -0.25) is 4.79 Å². The molecule has 150 valence electrons. The van der Waals surface area contributed by atoms with Crippen LogP contribution in [0.5, 0.6) is 23.0 Å². The van der Waals surface area contributed by atoms with E-state index in [2.05, 4.69) is 12.2 Å². The topological polar surface area (TPSA) is 56.8 Å². The van der Waals surface area contributed by atoms with Crippen LogP contribution in [-0.4, -0.2) is 19.1 Å². The van der Waals surface area contributed by atoms with E-state index in [0.717, 1.165) is 12.2 Å². The number of carbonyl (C=O) groups excluding carboxylic acids is 1. The highest BCUT2D eigenvalue weighted by atomic mass is 16.5. The summed E-state index contributed by atoms with van der Waals surface area (Å²) >= 11 is 0. The van der Waals surface area contributed by atoms with Crippen molar-refractivity contribution in [1.82, 2.24) is 0 Å². The molecule has 0 aromatic heterocycles. The largest absolute Gasteiger partial charge is 0.494 e. The molecule has 1 amide bonds. The zero-order valence-corrected chi connectivity index (χ0v) is 16.7. The van der Waals surface area contributed by atoms with E-state index in [-0.39, 0.29) is 12.5 Å². The molecule has 0 heterocycles. The first-order chi connectivity index (χ1) is 14.2. The van der Waals surface area contributed by atoms with Crippen molar-refractivity contribution in [3.63, 3.8) is 0 Å². The molecule has 0 atom stereocenters. The summed E-state index contributed by atoms with van der Waals surface area (Å²) in [4.78, 5) is 12.1. The second kappa shape index (κ2) is 10.2. The van der Waals surface area contributed by atoms with Crippen molar-refractivity contribution >= 4 is 11.6 Å². The van der Waals surface area contributed by atoms with Gasteiger partial charge in [0.15, 0.2) is 6.61 Å². The number of amides is 1. The van der Waals surface area contributed by atoms with Gasteiger partial charge in [-0.25, -0.2) is 0 Å². The van der Waals surface area contributed by atoms with Crippen LogP contribution >= 0.6 is 0 Å². The van der Waals surface area contributed by atoms with Crippen LogP contribution in [-0.2, 0) is 11.2 Å². The fourth-order valence-corrected chi connectivity index (χ4v) is 2.71. The Morgan fingerprint density at radius 2 is 1.45 bits per heavy atom. The van der Waals surface area contributed by atoms with Crippen LogP contribution in [0, 0.1) is 0 Å². The highest BCUT2D eigenvalue weighted by Gasteiger charge is 2.05. The first-order valence-corrected chi connectivity index (χ1v) is 9.68. The highest BCUT2D eigenvalue weighted by molar-refractivity contribution is 5.91. The number of carbonyl (C=O) groups is 1. The molecule has 29 heavy (non-hydrogen) atoms. The van der Waals surface area contributed by atoms with E-state index >= 15 is 0 Å². The van der Waals surface area contributed by atoms with Crippen LogP contribution in [0.2, 0.25) is 0 Å². The molecule has 5 heteroatoms. The van der Waals surface area contributed by atoms with E-state index in [4.69, 9.17) is 14.2 Å². The first-order valence-electron chi connectivity index (χ1n) is 9.68. The Labute approximate surface area is 171 Å². The summed E-state index contributed by atoms with van der Waals surface area (Å²) in [6, 6.07) is 22.4. The van der Waals surface area contributed by atoms with Crippen LogP contribution in [0.1, 0.15) is 19.4 Å². The third kappa shape index (κ3) is 6.28. The molecule has 0 aliphatic heterocycles. The lowest BCUT2D eigenvalue weighted by Crippen LogP contribution is -2.20. The quantitative estimate of drug-likeness (QED) is 0.526. The summed E-state index contributed by atoms with van der Waals surface area (Å²) in [5.74, 6) is 2.68. The van der Waals surface area contributed by atoms with Gasteiger partial charge in [-0.1, -0.05) is 19.1 Å². The number of hydrogen-bond acceptors (Lipinski definition) is 4. The van der Waals surface area contributed by atoms with Crippen molar-refractivity contribution in [3.8, 4) is 23.0 Å². The number of ether oxygens (including phenoxy) is 3. The number of nitrogens with one attached hydrogen (secondary N) is 1. The van der Waals surface area contributed by atoms with Crippen LogP contribution in [0.4, 0.5) is 5.69 Å². The van der Waals surface area contributed by atoms with E-state index in [0.29, 0.717) is 29.5 Å². The molecule has 0 aliphatic carbocycles. The number of hydrogen-bond donors (Lipinski definition) is 1. The number of anilines is 1. The molecule has 5 nitrogen and oxygen atoms in total. The Morgan fingerprint density at radius 3 is 2.10 bits per heavy atom. The molecular weight excluding hydrogens is 366 g/mol. The van der Waals surface area contributed by atoms with E-state index in [1.165, 1.54) is 5.56 Å². The molecule has 0 saturated heterocycles. The minimum Gasteiger partial charge on any atom is -0.494 e. The zero-order chi connectivity index (χ0) is 20.5. The number of benzene rings is 3. The van der Waals surface area contributed by atoms with Gasteiger partial charge in [-0.15, -0.1) is 0 Å². The summed E-state index contributed by atoms with van der Waals surface area (Å²) in [6.45, 7) is 4.61. The van der Waals surface area contributed by atoms with Crippen LogP contribution in [0.15, 0.2) is 72.8 Å². The molecule has 0 aliphatic rings. The molecule has 1 N–H and O–H groups in total. The molecule has 0 fully saturated rings. The normalized spacial score (nSPS) is 10.3. The highest BCUT2D eigenvalue weighted by Crippen LogP contribution is 2.25. The Hall–Kier alpha value is -3.47. The van der Waals surface area contributed by atoms with Crippen LogP contribution < -0.4 is 19.5 Å². The molecule has 0 spiro atoms. The molecule has 0 radical (unpaired) electrons. The molecule has 3 aromatic rings. The lowest BCUT2D eigenvalue weighted by Gasteiger charge is -2.10. The summed E-state index contributed by atoms with van der Waals surface area (Å²) in [7, 11) is 0. The van der Waals surface area contributed by atoms with E-state index in [1.54, 1.807) is 24.3 Å². The lowest BCUT2D eigenvalue weighted by molar-refractivity contribution is -0.118. The lowest BCUT2D eigenvalue weighted by atomic mass is 10.2. The molecule has 0 unspecified atom stereocenters. The maximum atomic E-state index is 12.1. The van der Waals surface area contributed by atoms with Gasteiger partial charge in [0.25, 0.3) is 5.91 Å². The van der Waals surface area contributed by atoms with Gasteiger partial charge in [0.2, 0.25) is 0 Å². The van der Waals surface area contributed by atoms with Gasteiger partial charge >= 0.3 is 0 Å². The average Bonchev–Trinajstić information content (AvgIpc) is 2.75. The van der Waals surface area contributed by atoms with Crippen molar-refractivity contribution in [2.24, 2.45) is 0 Å². The van der Waals surface area contributed by atoms with Gasteiger partial charge in [0.1, 0.15) is 23.0 Å². The first kappa shape index (κ1) is 20.3. The third-order valence-corrected chi connectivity index (χ3v) is 4.19. The van der Waals surface area contributed by atoms with Gasteiger partial charge < -0.3 is 19.5 Å². The van der Waals surface area contributed by atoms with E-state index < -0.39 is 0 Å². The predicted octanol–water partition coefficient (Wildman–Crippen LogP) is 5.46. The van der Waals surface area contributed by atoms with Crippen molar-refractivity contribution in [2.45, 2.75) is 20.3 Å². The second-order valence-electron chi connectivity index (χ2n) is 6.37. The maximum absolute atomic E-state index is 12.1. The van der Waals surface area contributed by atoms with Gasteiger partial charge in [0, 0.05) is 5.69 Å².